The maximum absolute atomic E-state index is 12.8. The standard InChI is InChI=1S/C7H4F3NO3/c1-2-3(8)4(9)5(10)7(12)6(2)11(13)14/h12H,1H3. The van der Waals surface area contributed by atoms with E-state index < -0.39 is 39.4 Å². The van der Waals surface area contributed by atoms with Gasteiger partial charge in [0.05, 0.1) is 10.5 Å². The molecule has 1 N–H and O–H groups in total. The average molecular weight is 207 g/mol. The lowest BCUT2D eigenvalue weighted by molar-refractivity contribution is -0.386. The van der Waals surface area contributed by atoms with Crippen LogP contribution >= 0.6 is 0 Å². The van der Waals surface area contributed by atoms with Crippen molar-refractivity contribution in [3.63, 3.8) is 0 Å². The molecule has 14 heavy (non-hydrogen) atoms. The molecule has 0 aliphatic rings. The van der Waals surface area contributed by atoms with Gasteiger partial charge in [0.1, 0.15) is 0 Å². The topological polar surface area (TPSA) is 63.4 Å². The van der Waals surface area contributed by atoms with Crippen LogP contribution in [0.15, 0.2) is 0 Å². The third-order valence-corrected chi connectivity index (χ3v) is 1.68. The fourth-order valence-electron chi connectivity index (χ4n) is 0.974. The molecular weight excluding hydrogens is 203 g/mol. The first-order valence-electron chi connectivity index (χ1n) is 3.38. The van der Waals surface area contributed by atoms with Gasteiger partial charge in [0.2, 0.25) is 11.6 Å². The van der Waals surface area contributed by atoms with Gasteiger partial charge in [-0.2, -0.15) is 4.39 Å². The second kappa shape index (κ2) is 3.17. The van der Waals surface area contributed by atoms with Gasteiger partial charge in [0.15, 0.2) is 11.6 Å². The highest BCUT2D eigenvalue weighted by Gasteiger charge is 2.29. The van der Waals surface area contributed by atoms with Gasteiger partial charge in [-0.25, -0.2) is 8.78 Å². The Morgan fingerprint density at radius 3 is 2.14 bits per heavy atom. The molecule has 7 heteroatoms. The number of halogens is 3. The zero-order valence-corrected chi connectivity index (χ0v) is 6.84. The van der Waals surface area contributed by atoms with Crippen molar-refractivity contribution in [1.82, 2.24) is 0 Å². The summed E-state index contributed by atoms with van der Waals surface area (Å²) in [5.41, 5.74) is -1.91. The molecule has 0 aromatic heterocycles. The number of nitro groups is 1. The Bertz CT molecular complexity index is 390. The summed E-state index contributed by atoms with van der Waals surface area (Å²) in [5.74, 6) is -7.05. The molecule has 0 saturated carbocycles. The number of phenols is 1. The molecule has 0 fully saturated rings. The van der Waals surface area contributed by atoms with Crippen LogP contribution in [-0.4, -0.2) is 10.0 Å². The number of hydrogen-bond donors (Lipinski definition) is 1. The van der Waals surface area contributed by atoms with Crippen LogP contribution in [0.25, 0.3) is 0 Å². The van der Waals surface area contributed by atoms with E-state index in [0.29, 0.717) is 0 Å². The lowest BCUT2D eigenvalue weighted by atomic mass is 10.1. The van der Waals surface area contributed by atoms with Crippen molar-refractivity contribution in [3.05, 3.63) is 33.1 Å². The van der Waals surface area contributed by atoms with Crippen LogP contribution in [0.4, 0.5) is 18.9 Å². The number of benzene rings is 1. The van der Waals surface area contributed by atoms with E-state index in [-0.39, 0.29) is 0 Å². The summed E-state index contributed by atoms with van der Waals surface area (Å²) < 4.78 is 37.9. The maximum Gasteiger partial charge on any atom is 0.319 e. The predicted octanol–water partition coefficient (Wildman–Crippen LogP) is 2.03. The number of nitrogens with zero attached hydrogens (tertiary/aromatic N) is 1. The van der Waals surface area contributed by atoms with Crippen LogP contribution in [0, 0.1) is 34.5 Å². The number of nitro benzene ring substituents is 1. The predicted molar refractivity (Wildman–Crippen MR) is 39.4 cm³/mol. The summed E-state index contributed by atoms with van der Waals surface area (Å²) in [5, 5.41) is 19.1. The molecule has 1 aromatic carbocycles. The molecule has 0 aliphatic carbocycles. The van der Waals surface area contributed by atoms with Gasteiger partial charge in [-0.1, -0.05) is 0 Å². The van der Waals surface area contributed by atoms with Crippen molar-refractivity contribution in [2.75, 3.05) is 0 Å². The number of hydrogen-bond acceptors (Lipinski definition) is 3. The molecule has 0 radical (unpaired) electrons. The van der Waals surface area contributed by atoms with E-state index in [1.807, 2.05) is 0 Å². The van der Waals surface area contributed by atoms with Crippen LogP contribution in [0.3, 0.4) is 0 Å². The molecule has 0 amide bonds. The molecule has 1 aromatic rings. The van der Waals surface area contributed by atoms with Crippen molar-refractivity contribution in [3.8, 4) is 5.75 Å². The summed E-state index contributed by atoms with van der Waals surface area (Å²) in [6.07, 6.45) is 0. The Labute approximate surface area is 75.7 Å². The lowest BCUT2D eigenvalue weighted by Gasteiger charge is -2.03. The Morgan fingerprint density at radius 2 is 1.71 bits per heavy atom. The summed E-state index contributed by atoms with van der Waals surface area (Å²) >= 11 is 0. The van der Waals surface area contributed by atoms with Crippen molar-refractivity contribution < 1.29 is 23.2 Å². The van der Waals surface area contributed by atoms with Crippen molar-refractivity contribution in [2.45, 2.75) is 6.92 Å². The molecule has 0 saturated heterocycles. The molecular formula is C7H4F3NO3. The first-order valence-corrected chi connectivity index (χ1v) is 3.38. The number of aromatic hydroxyl groups is 1. The van der Waals surface area contributed by atoms with E-state index in [1.54, 1.807) is 0 Å². The van der Waals surface area contributed by atoms with Gasteiger partial charge in [0.25, 0.3) is 0 Å². The average Bonchev–Trinajstić information content (AvgIpc) is 2.11. The van der Waals surface area contributed by atoms with E-state index in [1.165, 1.54) is 0 Å². The summed E-state index contributed by atoms with van der Waals surface area (Å²) in [6.45, 7) is 0.871. The third kappa shape index (κ3) is 1.26. The minimum atomic E-state index is -1.96. The second-order valence-corrected chi connectivity index (χ2v) is 2.52. The Kier molecular flexibility index (Phi) is 2.33. The SMILES string of the molecule is Cc1c(F)c(F)c(F)c(O)c1[N+](=O)[O-]. The zero-order valence-electron chi connectivity index (χ0n) is 6.84. The van der Waals surface area contributed by atoms with E-state index in [4.69, 9.17) is 5.11 Å². The van der Waals surface area contributed by atoms with Crippen LogP contribution < -0.4 is 0 Å². The van der Waals surface area contributed by atoms with Gasteiger partial charge in [-0.05, 0) is 6.92 Å². The largest absolute Gasteiger partial charge is 0.500 e. The van der Waals surface area contributed by atoms with Gasteiger partial charge in [0, 0.05) is 0 Å². The third-order valence-electron chi connectivity index (χ3n) is 1.68. The van der Waals surface area contributed by atoms with Crippen LogP contribution in [0.5, 0.6) is 5.75 Å². The lowest BCUT2D eigenvalue weighted by Crippen LogP contribution is -2.01. The smallest absolute Gasteiger partial charge is 0.319 e. The van der Waals surface area contributed by atoms with Gasteiger partial charge >= 0.3 is 5.69 Å². The first kappa shape index (κ1) is 10.3. The molecule has 4 nitrogen and oxygen atoms in total. The molecule has 0 spiro atoms. The van der Waals surface area contributed by atoms with E-state index >= 15 is 0 Å². The molecule has 0 heterocycles. The quantitative estimate of drug-likeness (QED) is 0.435. The molecule has 76 valence electrons. The monoisotopic (exact) mass is 207 g/mol. The van der Waals surface area contributed by atoms with Crippen LogP contribution in [0.2, 0.25) is 0 Å². The van der Waals surface area contributed by atoms with Crippen molar-refractivity contribution in [2.24, 2.45) is 0 Å². The maximum atomic E-state index is 12.8. The van der Waals surface area contributed by atoms with Gasteiger partial charge in [-0.3, -0.25) is 10.1 Å². The zero-order chi connectivity index (χ0) is 11.0. The first-order chi connectivity index (χ1) is 6.37. The summed E-state index contributed by atoms with van der Waals surface area (Å²) in [6, 6.07) is 0. The van der Waals surface area contributed by atoms with Crippen LogP contribution in [0.1, 0.15) is 5.56 Å². The number of phenolic OH excluding ortho intramolecular Hbond substituents is 1. The summed E-state index contributed by atoms with van der Waals surface area (Å²) in [7, 11) is 0. The normalized spacial score (nSPS) is 10.3. The molecule has 0 unspecified atom stereocenters. The second-order valence-electron chi connectivity index (χ2n) is 2.52. The Balaban J connectivity index is 3.68. The van der Waals surface area contributed by atoms with Crippen LogP contribution in [-0.2, 0) is 0 Å². The highest BCUT2D eigenvalue weighted by atomic mass is 19.2. The summed E-state index contributed by atoms with van der Waals surface area (Å²) in [4.78, 5) is 9.06. The fraction of sp³-hybridized carbons (Fsp3) is 0.143. The highest BCUT2D eigenvalue weighted by Crippen LogP contribution is 2.35. The fourth-order valence-corrected chi connectivity index (χ4v) is 0.974. The Morgan fingerprint density at radius 1 is 1.21 bits per heavy atom. The minimum absolute atomic E-state index is 0.744. The molecule has 0 atom stereocenters. The van der Waals surface area contributed by atoms with E-state index in [9.17, 15) is 23.3 Å². The van der Waals surface area contributed by atoms with Crippen molar-refractivity contribution in [1.29, 1.82) is 0 Å². The molecule has 0 bridgehead atoms. The van der Waals surface area contributed by atoms with Gasteiger partial charge < -0.3 is 5.11 Å². The number of rotatable bonds is 1. The van der Waals surface area contributed by atoms with Gasteiger partial charge in [-0.15, -0.1) is 0 Å². The van der Waals surface area contributed by atoms with Crippen molar-refractivity contribution >= 4 is 5.69 Å². The van der Waals surface area contributed by atoms with E-state index in [2.05, 4.69) is 0 Å². The Hall–Kier alpha value is -1.79. The molecule has 0 aliphatic heterocycles. The highest BCUT2D eigenvalue weighted by molar-refractivity contribution is 5.53. The van der Waals surface area contributed by atoms with E-state index in [0.717, 1.165) is 6.92 Å². The minimum Gasteiger partial charge on any atom is -0.500 e. The molecule has 1 rings (SSSR count).